The van der Waals surface area contributed by atoms with E-state index in [2.05, 4.69) is 42.7 Å². The fourth-order valence-electron chi connectivity index (χ4n) is 4.93. The van der Waals surface area contributed by atoms with E-state index in [4.69, 9.17) is 0 Å². The minimum Gasteiger partial charge on any atom is -0.371 e. The second-order valence-corrected chi connectivity index (χ2v) is 18.0. The molecule has 1 saturated heterocycles. The monoisotopic (exact) mass is 566 g/mol. The molecule has 0 bridgehead atoms. The Morgan fingerprint density at radius 3 is 2.39 bits per heavy atom. The second kappa shape index (κ2) is 10.9. The number of nitrogens with zero attached hydrogens (tertiary/aromatic N) is 3. The fraction of sp³-hybridized carbons (Fsp3) is 0.560. The Morgan fingerprint density at radius 2 is 1.76 bits per heavy atom. The number of amides is 1. The molecule has 38 heavy (non-hydrogen) atoms. The molecule has 1 aromatic heterocycles. The maximum atomic E-state index is 13.6. The molecule has 4 rings (SSSR count). The number of hydrogen-bond acceptors (Lipinski definition) is 6. The van der Waals surface area contributed by atoms with E-state index in [-0.39, 0.29) is 24.7 Å². The Balaban J connectivity index is 1.60. The van der Waals surface area contributed by atoms with Crippen molar-refractivity contribution in [3.8, 4) is 0 Å². The first-order valence-corrected chi connectivity index (χ1v) is 17.8. The second-order valence-electron chi connectivity index (χ2n) is 11.0. The molecule has 13 heteroatoms. The van der Waals surface area contributed by atoms with E-state index in [0.29, 0.717) is 47.1 Å². The Labute approximate surface area is 224 Å². The van der Waals surface area contributed by atoms with Crippen molar-refractivity contribution in [3.63, 3.8) is 0 Å². The highest BCUT2D eigenvalue weighted by molar-refractivity contribution is 7.90. The van der Waals surface area contributed by atoms with Gasteiger partial charge in [-0.3, -0.25) is 9.52 Å². The van der Waals surface area contributed by atoms with Crippen LogP contribution < -0.4 is 19.7 Å². The molecule has 2 aliphatic rings. The number of benzene rings is 1. The van der Waals surface area contributed by atoms with Gasteiger partial charge in [0.15, 0.2) is 0 Å². The molecular weight excluding hydrogens is 530 g/mol. The molecule has 0 unspecified atom stereocenters. The summed E-state index contributed by atoms with van der Waals surface area (Å²) < 4.78 is 56.1. The fourth-order valence-corrected chi connectivity index (χ4v) is 7.47. The third-order valence-corrected chi connectivity index (χ3v) is 11.6. The lowest BCUT2D eigenvalue weighted by Gasteiger charge is -2.38. The van der Waals surface area contributed by atoms with Gasteiger partial charge in [0.1, 0.15) is 11.6 Å². The van der Waals surface area contributed by atoms with Gasteiger partial charge < -0.3 is 10.2 Å². The zero-order valence-corrected chi connectivity index (χ0v) is 24.1. The number of carbonyl (C=O) groups is 1. The molecule has 0 atom stereocenters. The first kappa shape index (κ1) is 28.4. The highest BCUT2D eigenvalue weighted by Crippen LogP contribution is 2.40. The number of rotatable bonds is 7. The molecule has 1 aliphatic carbocycles. The number of hydrogen-bond donors (Lipinski definition) is 3. The average molecular weight is 567 g/mol. The van der Waals surface area contributed by atoms with Crippen molar-refractivity contribution in [2.24, 2.45) is 0 Å². The summed E-state index contributed by atoms with van der Waals surface area (Å²) in [4.78, 5) is 24.6. The van der Waals surface area contributed by atoms with Crippen molar-refractivity contribution in [2.45, 2.75) is 69.6 Å². The Morgan fingerprint density at radius 1 is 1.11 bits per heavy atom. The molecular formula is C25H36F2N6O3SSi. The molecule has 1 aliphatic heterocycles. The first-order chi connectivity index (χ1) is 17.8. The maximum Gasteiger partial charge on any atom is 0.298 e. The summed E-state index contributed by atoms with van der Waals surface area (Å²) in [5, 5.41) is 2.86. The van der Waals surface area contributed by atoms with Crippen molar-refractivity contribution < 1.29 is 22.0 Å². The minimum absolute atomic E-state index is 0.180. The molecule has 2 aromatic rings. The van der Waals surface area contributed by atoms with E-state index in [9.17, 15) is 22.0 Å². The number of nitrogens with one attached hydrogen (secondary N) is 3. The maximum absolute atomic E-state index is 13.6. The van der Waals surface area contributed by atoms with Crippen LogP contribution in [0.3, 0.4) is 0 Å². The van der Waals surface area contributed by atoms with E-state index in [1.165, 1.54) is 7.05 Å². The van der Waals surface area contributed by atoms with Crippen LogP contribution in [0.4, 0.5) is 26.0 Å². The van der Waals surface area contributed by atoms with Crippen LogP contribution in [0, 0.1) is 6.92 Å². The third kappa shape index (κ3) is 7.06. The van der Waals surface area contributed by atoms with Gasteiger partial charge in [0.25, 0.3) is 16.1 Å². The van der Waals surface area contributed by atoms with Gasteiger partial charge in [0.05, 0.1) is 25.0 Å². The lowest BCUT2D eigenvalue weighted by molar-refractivity contribution is -0.0387. The Hall–Kier alpha value is -2.64. The lowest BCUT2D eigenvalue weighted by Crippen LogP contribution is -2.43. The topological polar surface area (TPSA) is 116 Å². The largest absolute Gasteiger partial charge is 0.371 e. The average Bonchev–Trinajstić information content (AvgIpc) is 2.83. The van der Waals surface area contributed by atoms with Crippen LogP contribution in [0.5, 0.6) is 0 Å². The SMILES string of the molecule is CNS(=O)(=O)Nc1ccc(C(=O)Nc2cc(C)nc(C3CCC(F)(F)CC3)n2)c(N2CC[Si](C)(C)CC2)c1. The summed E-state index contributed by atoms with van der Waals surface area (Å²) in [5.41, 5.74) is 2.03. The van der Waals surface area contributed by atoms with Crippen molar-refractivity contribution >= 4 is 41.4 Å². The predicted octanol–water partition coefficient (Wildman–Crippen LogP) is 4.73. The number of carbonyl (C=O) groups excluding carboxylic acids is 1. The van der Waals surface area contributed by atoms with Crippen LogP contribution in [0.25, 0.3) is 0 Å². The van der Waals surface area contributed by atoms with Gasteiger partial charge in [-0.1, -0.05) is 13.1 Å². The molecule has 9 nitrogen and oxygen atoms in total. The van der Waals surface area contributed by atoms with Gasteiger partial charge in [-0.05, 0) is 50.1 Å². The summed E-state index contributed by atoms with van der Waals surface area (Å²) in [5.74, 6) is -2.43. The van der Waals surface area contributed by atoms with E-state index in [0.717, 1.165) is 25.2 Å². The molecule has 1 aromatic carbocycles. The number of aromatic nitrogens is 2. The lowest BCUT2D eigenvalue weighted by atomic mass is 9.86. The van der Waals surface area contributed by atoms with Crippen LogP contribution in [-0.2, 0) is 10.2 Å². The molecule has 1 saturated carbocycles. The van der Waals surface area contributed by atoms with E-state index >= 15 is 0 Å². The number of aryl methyl sites for hydroxylation is 1. The van der Waals surface area contributed by atoms with Crippen molar-refractivity contribution in [1.29, 1.82) is 0 Å². The van der Waals surface area contributed by atoms with Crippen LogP contribution in [-0.4, -0.2) is 58.4 Å². The summed E-state index contributed by atoms with van der Waals surface area (Å²) in [6.07, 6.45) is 0.206. The van der Waals surface area contributed by atoms with Crippen molar-refractivity contribution in [1.82, 2.24) is 14.7 Å². The Bertz CT molecular complexity index is 1290. The first-order valence-electron chi connectivity index (χ1n) is 12.9. The van der Waals surface area contributed by atoms with Gasteiger partial charge in [-0.25, -0.2) is 23.5 Å². The number of anilines is 3. The summed E-state index contributed by atoms with van der Waals surface area (Å²) in [6.45, 7) is 8.04. The van der Waals surface area contributed by atoms with Gasteiger partial charge in [0.2, 0.25) is 5.92 Å². The summed E-state index contributed by atoms with van der Waals surface area (Å²) >= 11 is 0. The van der Waals surface area contributed by atoms with Crippen molar-refractivity contribution in [2.75, 3.05) is 35.1 Å². The van der Waals surface area contributed by atoms with Crippen molar-refractivity contribution in [3.05, 3.63) is 41.3 Å². The number of halogens is 2. The van der Waals surface area contributed by atoms with Crippen LogP contribution >= 0.6 is 0 Å². The molecule has 0 spiro atoms. The van der Waals surface area contributed by atoms with E-state index < -0.39 is 24.2 Å². The zero-order valence-electron chi connectivity index (χ0n) is 22.3. The molecule has 208 valence electrons. The number of alkyl halides is 2. The standard InChI is InChI=1S/C25H36F2N6O3SSi/c1-17-15-22(30-23(29-17)18-7-9-25(26,27)10-8-18)31-24(34)20-6-5-19(32-37(35,36)28-2)16-21(20)33-11-13-38(3,4)14-12-33/h5-6,15-16,18,28,32H,7-14H2,1-4H3,(H,29,30,31,34). The summed E-state index contributed by atoms with van der Waals surface area (Å²) in [6, 6.07) is 8.62. The quantitative estimate of drug-likeness (QED) is 0.417. The van der Waals surface area contributed by atoms with Gasteiger partial charge in [-0.15, -0.1) is 0 Å². The molecule has 1 amide bonds. The van der Waals surface area contributed by atoms with E-state index in [1.54, 1.807) is 31.2 Å². The van der Waals surface area contributed by atoms with Crippen LogP contribution in [0.2, 0.25) is 25.2 Å². The van der Waals surface area contributed by atoms with Gasteiger partial charge in [0, 0.05) is 50.7 Å². The van der Waals surface area contributed by atoms with Crippen LogP contribution in [0.15, 0.2) is 24.3 Å². The molecule has 2 heterocycles. The zero-order chi connectivity index (χ0) is 27.7. The highest BCUT2D eigenvalue weighted by atomic mass is 32.2. The minimum atomic E-state index is -3.72. The Kier molecular flexibility index (Phi) is 8.10. The smallest absolute Gasteiger partial charge is 0.298 e. The van der Waals surface area contributed by atoms with Gasteiger partial charge in [-0.2, -0.15) is 8.42 Å². The molecule has 0 radical (unpaired) electrons. The van der Waals surface area contributed by atoms with Crippen LogP contribution in [0.1, 0.15) is 53.5 Å². The van der Waals surface area contributed by atoms with Gasteiger partial charge >= 0.3 is 0 Å². The molecule has 2 fully saturated rings. The molecule has 3 N–H and O–H groups in total. The predicted molar refractivity (Wildman–Crippen MR) is 148 cm³/mol. The summed E-state index contributed by atoms with van der Waals surface area (Å²) in [7, 11) is -3.70. The van der Waals surface area contributed by atoms with E-state index in [1.807, 2.05) is 0 Å². The normalized spacial score (nSPS) is 19.7. The third-order valence-electron chi connectivity index (χ3n) is 7.42. The highest BCUT2D eigenvalue weighted by Gasteiger charge is 2.36.